The van der Waals surface area contributed by atoms with Crippen molar-refractivity contribution in [2.45, 2.75) is 32.1 Å². The average molecular weight is 833 g/mol. The molecular weight excluding hydrogens is 779 g/mol. The Morgan fingerprint density at radius 2 is 0.759 bits per heavy atom. The molecule has 0 unspecified atom stereocenters. The molecule has 6 aromatic rings. The van der Waals surface area contributed by atoms with Crippen molar-refractivity contribution in [2.24, 2.45) is 0 Å². The Bertz CT molecular complexity index is 1810. The summed E-state index contributed by atoms with van der Waals surface area (Å²) in [7, 11) is 0. The average Bonchev–Trinajstić information content (AvgIpc) is 3.95. The van der Waals surface area contributed by atoms with Crippen LogP contribution in [0.5, 0.6) is 11.5 Å². The summed E-state index contributed by atoms with van der Waals surface area (Å²) in [5.74, 6) is 1.50. The topological polar surface area (TPSA) is 102 Å². The van der Waals surface area contributed by atoms with Gasteiger partial charge in [0.1, 0.15) is 13.2 Å². The second-order valence-electron chi connectivity index (χ2n) is 12.7. The Labute approximate surface area is 429 Å². The minimum Gasteiger partial charge on any atom is -0.656 e. The first-order valence-electron chi connectivity index (χ1n) is 19.4. The van der Waals surface area contributed by atoms with E-state index in [4.69, 9.17) is 33.7 Å². The molecule has 0 saturated heterocycles. The zero-order chi connectivity index (χ0) is 38.9. The Hall–Kier alpha value is -2.47. The van der Waals surface area contributed by atoms with Crippen molar-refractivity contribution in [3.05, 3.63) is 168 Å². The summed E-state index contributed by atoms with van der Waals surface area (Å²) in [6, 6.07) is 48.0. The van der Waals surface area contributed by atoms with E-state index >= 15 is 0 Å². The van der Waals surface area contributed by atoms with Crippen LogP contribution in [0.15, 0.2) is 146 Å². The molecule has 0 aliphatic carbocycles. The van der Waals surface area contributed by atoms with Gasteiger partial charge in [0.15, 0.2) is 23.9 Å². The smallest absolute Gasteiger partial charge is 0.656 e. The summed E-state index contributed by atoms with van der Waals surface area (Å²) < 4.78 is 28.9. The zero-order valence-corrected chi connectivity index (χ0v) is 40.8. The van der Waals surface area contributed by atoms with Gasteiger partial charge in [-0.25, -0.2) is 9.98 Å². The molecule has 3 heterocycles. The van der Waals surface area contributed by atoms with E-state index in [0.717, 1.165) is 58.5 Å². The molecule has 2 aromatic heterocycles. The van der Waals surface area contributed by atoms with Crippen LogP contribution in [0.4, 0.5) is 11.4 Å². The molecule has 0 saturated carbocycles. The van der Waals surface area contributed by atoms with Crippen molar-refractivity contribution in [1.82, 2.24) is 9.97 Å². The molecule has 0 atom stereocenters. The van der Waals surface area contributed by atoms with Gasteiger partial charge in [-0.05, 0) is 30.4 Å². The zero-order valence-electron chi connectivity index (χ0n) is 34.5. The summed E-state index contributed by atoms with van der Waals surface area (Å²) >= 11 is 0. The summed E-state index contributed by atoms with van der Waals surface area (Å²) in [6.45, 7) is 8.15. The molecule has 1 aliphatic rings. The fourth-order valence-electron chi connectivity index (χ4n) is 6.02. The second kappa shape index (κ2) is 29.7. The van der Waals surface area contributed by atoms with Crippen LogP contribution in [0.3, 0.4) is 0 Å². The molecule has 7 rings (SSSR count). The molecule has 9 nitrogen and oxygen atoms in total. The largest absolute Gasteiger partial charge is 1.00 e. The van der Waals surface area contributed by atoms with Crippen molar-refractivity contribution in [3.63, 3.8) is 0 Å². The number of hydrogen-bond acceptors (Lipinski definition) is 5. The van der Waals surface area contributed by atoms with Crippen molar-refractivity contribution in [2.75, 3.05) is 52.9 Å². The monoisotopic (exact) mass is 832 g/mol. The SMILES string of the molecule is CCC1(CC)c2ccc([n-]2)C=[NH+]c2ccccc2OCCOCCOCCOCCOc2ccccc2[NH+]=Cc2ccc1[n-]2.[K+].[K+].c1ccccc1.c1ccccc1. The van der Waals surface area contributed by atoms with Gasteiger partial charge >= 0.3 is 103 Å². The Morgan fingerprint density at radius 3 is 1.10 bits per heavy atom. The number of aromatic nitrogens is 2. The van der Waals surface area contributed by atoms with E-state index in [0.29, 0.717) is 52.9 Å². The normalized spacial score (nSPS) is 14.4. The van der Waals surface area contributed by atoms with Crippen LogP contribution in [0, 0.1) is 0 Å². The molecular formula is C47H54K2N4O5+2. The van der Waals surface area contributed by atoms with Gasteiger partial charge in [-0.2, -0.15) is 11.4 Å². The van der Waals surface area contributed by atoms with E-state index < -0.39 is 0 Å². The van der Waals surface area contributed by atoms with Gasteiger partial charge in [0.25, 0.3) is 0 Å². The third kappa shape index (κ3) is 16.9. The molecule has 0 fully saturated rings. The van der Waals surface area contributed by atoms with Crippen LogP contribution < -0.4 is 132 Å². The molecule has 0 amide bonds. The minimum absolute atomic E-state index is 0. The maximum Gasteiger partial charge on any atom is 1.00 e. The van der Waals surface area contributed by atoms with Gasteiger partial charge in [-0.3, -0.25) is 0 Å². The van der Waals surface area contributed by atoms with Crippen molar-refractivity contribution in [3.8, 4) is 11.5 Å². The number of para-hydroxylation sites is 4. The van der Waals surface area contributed by atoms with E-state index in [9.17, 15) is 0 Å². The van der Waals surface area contributed by atoms with Crippen molar-refractivity contribution >= 4 is 23.8 Å². The number of rotatable bonds is 2. The first-order valence-corrected chi connectivity index (χ1v) is 19.4. The number of ether oxygens (including phenoxy) is 5. The minimum atomic E-state index is -0.298. The Kier molecular flexibility index (Phi) is 25.6. The summed E-state index contributed by atoms with van der Waals surface area (Å²) in [5.41, 5.74) is 5.14. The van der Waals surface area contributed by atoms with Crippen LogP contribution in [0.1, 0.15) is 49.5 Å². The first-order chi connectivity index (χ1) is 27.7. The van der Waals surface area contributed by atoms with Gasteiger partial charge < -0.3 is 33.7 Å². The van der Waals surface area contributed by atoms with Gasteiger partial charge in [0.05, 0.1) is 39.6 Å². The van der Waals surface area contributed by atoms with Gasteiger partial charge in [-0.1, -0.05) is 147 Å². The number of nitrogens with one attached hydrogen (secondary N) is 2. The second-order valence-corrected chi connectivity index (χ2v) is 12.7. The van der Waals surface area contributed by atoms with Gasteiger partial charge in [0, 0.05) is 12.1 Å². The maximum absolute atomic E-state index is 5.99. The Morgan fingerprint density at radius 1 is 0.431 bits per heavy atom. The standard InChI is InChI=1S/C35H40N4O5.2C6H6.2K/c1-3-35(4-2)33-15-13-27(38-33)25-36-29-9-5-7-11-31(29)43-23-21-41-19-17-40-18-20-42-22-24-44-32-12-8-6-10-30(32)37-26-28-14-16-34(35)39-28;2*1-2-4-6-5-3-1;;/h5-16,25-26H,3-4,17-24H2,1-2H3;2*1-6H;;/q-2;;;2*+1/p+2. The fourth-order valence-corrected chi connectivity index (χ4v) is 6.02. The third-order valence-electron chi connectivity index (χ3n) is 9.08. The van der Waals surface area contributed by atoms with Crippen LogP contribution in [0.25, 0.3) is 0 Å². The molecule has 292 valence electrons. The predicted molar refractivity (Wildman–Crippen MR) is 222 cm³/mol. The van der Waals surface area contributed by atoms with Crippen LogP contribution in [-0.2, 0) is 19.6 Å². The first kappa shape index (κ1) is 49.9. The molecule has 58 heavy (non-hydrogen) atoms. The van der Waals surface area contributed by atoms with Gasteiger partial charge in [-0.15, -0.1) is 0 Å². The van der Waals surface area contributed by atoms with Crippen molar-refractivity contribution < 1.29 is 136 Å². The quantitative estimate of drug-likeness (QED) is 0.229. The molecule has 0 radical (unpaired) electrons. The molecule has 4 bridgehead atoms. The summed E-state index contributed by atoms with van der Waals surface area (Å²) in [5, 5.41) is 0. The number of hydrogen-bond donors (Lipinski definition) is 2. The molecule has 2 N–H and O–H groups in total. The van der Waals surface area contributed by atoms with E-state index in [1.165, 1.54) is 0 Å². The Balaban J connectivity index is 0.000000549. The number of benzene rings is 4. The molecule has 4 aromatic carbocycles. The molecule has 11 heteroatoms. The van der Waals surface area contributed by atoms with Gasteiger partial charge in [0.2, 0.25) is 11.4 Å². The summed E-state index contributed by atoms with van der Waals surface area (Å²) in [4.78, 5) is 16.8. The van der Waals surface area contributed by atoms with E-state index in [1.54, 1.807) is 0 Å². The molecule has 0 spiro atoms. The van der Waals surface area contributed by atoms with Crippen LogP contribution >= 0.6 is 0 Å². The predicted octanol–water partition coefficient (Wildman–Crippen LogP) is -0.428. The van der Waals surface area contributed by atoms with Crippen LogP contribution in [0.2, 0.25) is 0 Å². The fraction of sp³-hybridized carbons (Fsp3) is 0.277. The maximum atomic E-state index is 5.99. The third-order valence-corrected chi connectivity index (χ3v) is 9.08. The number of fused-ring (bicyclic) bond motifs is 6. The number of nitrogens with zero attached hydrogens (tertiary/aromatic N) is 2. The van der Waals surface area contributed by atoms with E-state index in [1.807, 2.05) is 146 Å². The van der Waals surface area contributed by atoms with Crippen molar-refractivity contribution in [1.29, 1.82) is 0 Å². The van der Waals surface area contributed by atoms with E-state index in [2.05, 4.69) is 36.0 Å². The summed E-state index contributed by atoms with van der Waals surface area (Å²) in [6.07, 6.45) is 5.58. The van der Waals surface area contributed by atoms with E-state index in [-0.39, 0.29) is 108 Å². The molecule has 1 aliphatic heterocycles. The van der Waals surface area contributed by atoms with Crippen LogP contribution in [-0.4, -0.2) is 65.3 Å².